The first-order chi connectivity index (χ1) is 7.84. The van der Waals surface area contributed by atoms with Gasteiger partial charge < -0.3 is 10.0 Å². The summed E-state index contributed by atoms with van der Waals surface area (Å²) in [5.41, 5.74) is 1.98. The third-order valence-electron chi connectivity index (χ3n) is 3.03. The zero-order valence-electron chi connectivity index (χ0n) is 8.87. The summed E-state index contributed by atoms with van der Waals surface area (Å²) in [5, 5.41) is 18.8. The van der Waals surface area contributed by atoms with Gasteiger partial charge in [0.2, 0.25) is 0 Å². The minimum Gasteiger partial charge on any atom is -0.391 e. The van der Waals surface area contributed by atoms with Crippen LogP contribution in [0.25, 0.3) is 10.9 Å². The maximum absolute atomic E-state index is 9.56. The van der Waals surface area contributed by atoms with E-state index in [0.29, 0.717) is 6.54 Å². The van der Waals surface area contributed by atoms with Crippen molar-refractivity contribution in [2.24, 2.45) is 0 Å². The van der Waals surface area contributed by atoms with Crippen molar-refractivity contribution in [1.29, 1.82) is 0 Å². The summed E-state index contributed by atoms with van der Waals surface area (Å²) in [5.74, 6) is 0. The van der Waals surface area contributed by atoms with E-state index in [0.717, 1.165) is 29.6 Å². The van der Waals surface area contributed by atoms with Gasteiger partial charge in [-0.1, -0.05) is 18.2 Å². The number of nitrogens with zero attached hydrogens (tertiary/aromatic N) is 3. The number of β-amino-alcohol motifs (C(OH)–C–C–N with tert-alkyl or cyclic N) is 1. The minimum atomic E-state index is -0.216. The molecule has 0 radical (unpaired) electrons. The van der Waals surface area contributed by atoms with Gasteiger partial charge in [0.1, 0.15) is 0 Å². The van der Waals surface area contributed by atoms with Crippen LogP contribution in [0, 0.1) is 0 Å². The molecule has 3 rings (SSSR count). The van der Waals surface area contributed by atoms with Gasteiger partial charge in [-0.15, -0.1) is 0 Å². The van der Waals surface area contributed by atoms with Crippen molar-refractivity contribution in [3.05, 3.63) is 30.5 Å². The highest BCUT2D eigenvalue weighted by molar-refractivity contribution is 5.90. The van der Waals surface area contributed by atoms with Gasteiger partial charge in [-0.3, -0.25) is 0 Å². The van der Waals surface area contributed by atoms with Crippen LogP contribution in [0.15, 0.2) is 30.5 Å². The standard InChI is InChI=1S/C12H13N3O/c16-9-5-6-15(8-9)12-7-13-14-11-4-2-1-3-10(11)12/h1-4,7,9,16H,5-6,8H2. The van der Waals surface area contributed by atoms with E-state index in [9.17, 15) is 5.11 Å². The maximum atomic E-state index is 9.56. The van der Waals surface area contributed by atoms with Crippen molar-refractivity contribution < 1.29 is 5.11 Å². The van der Waals surface area contributed by atoms with Crippen LogP contribution in [-0.4, -0.2) is 34.5 Å². The number of aliphatic hydroxyl groups excluding tert-OH is 1. The van der Waals surface area contributed by atoms with Gasteiger partial charge in [-0.2, -0.15) is 10.2 Å². The monoisotopic (exact) mass is 215 g/mol. The summed E-state index contributed by atoms with van der Waals surface area (Å²) >= 11 is 0. The molecule has 1 saturated heterocycles. The van der Waals surface area contributed by atoms with E-state index in [-0.39, 0.29) is 6.10 Å². The highest BCUT2D eigenvalue weighted by atomic mass is 16.3. The van der Waals surface area contributed by atoms with E-state index in [1.807, 2.05) is 24.3 Å². The molecule has 1 aliphatic heterocycles. The average Bonchev–Trinajstić information content (AvgIpc) is 2.75. The number of fused-ring (bicyclic) bond motifs is 1. The van der Waals surface area contributed by atoms with Gasteiger partial charge in [-0.05, 0) is 12.5 Å². The molecular weight excluding hydrogens is 202 g/mol. The fourth-order valence-corrected chi connectivity index (χ4v) is 2.21. The molecule has 1 aromatic heterocycles. The van der Waals surface area contributed by atoms with Crippen LogP contribution in [0.5, 0.6) is 0 Å². The Labute approximate surface area is 93.5 Å². The number of benzene rings is 1. The predicted molar refractivity (Wildman–Crippen MR) is 62.4 cm³/mol. The molecule has 0 spiro atoms. The van der Waals surface area contributed by atoms with E-state index in [4.69, 9.17) is 0 Å². The Kier molecular flexibility index (Phi) is 2.22. The Morgan fingerprint density at radius 3 is 3.00 bits per heavy atom. The smallest absolute Gasteiger partial charge is 0.0950 e. The summed E-state index contributed by atoms with van der Waals surface area (Å²) in [6.07, 6.45) is 2.39. The molecule has 1 unspecified atom stereocenters. The second-order valence-corrected chi connectivity index (χ2v) is 4.14. The van der Waals surface area contributed by atoms with Crippen molar-refractivity contribution in [1.82, 2.24) is 10.2 Å². The van der Waals surface area contributed by atoms with Gasteiger partial charge in [0, 0.05) is 18.5 Å². The average molecular weight is 215 g/mol. The molecule has 4 nitrogen and oxygen atoms in total. The second kappa shape index (κ2) is 3.72. The van der Waals surface area contributed by atoms with Crippen LogP contribution in [0.3, 0.4) is 0 Å². The molecule has 0 saturated carbocycles. The number of aromatic nitrogens is 2. The molecular formula is C12H13N3O. The first-order valence-corrected chi connectivity index (χ1v) is 5.48. The van der Waals surface area contributed by atoms with Gasteiger partial charge in [0.05, 0.1) is 23.5 Å². The Hall–Kier alpha value is -1.68. The van der Waals surface area contributed by atoms with Gasteiger partial charge in [0.25, 0.3) is 0 Å². The van der Waals surface area contributed by atoms with Crippen LogP contribution in [0.4, 0.5) is 5.69 Å². The van der Waals surface area contributed by atoms with Crippen molar-refractivity contribution in [3.8, 4) is 0 Å². The third kappa shape index (κ3) is 1.51. The Morgan fingerprint density at radius 1 is 1.31 bits per heavy atom. The predicted octanol–water partition coefficient (Wildman–Crippen LogP) is 1.20. The van der Waals surface area contributed by atoms with Crippen LogP contribution in [0.2, 0.25) is 0 Å². The molecule has 2 heterocycles. The number of anilines is 1. The number of aliphatic hydroxyl groups is 1. The highest BCUT2D eigenvalue weighted by Crippen LogP contribution is 2.26. The lowest BCUT2D eigenvalue weighted by Gasteiger charge is -2.18. The minimum absolute atomic E-state index is 0.216. The van der Waals surface area contributed by atoms with Crippen LogP contribution in [-0.2, 0) is 0 Å². The maximum Gasteiger partial charge on any atom is 0.0950 e. The molecule has 1 aliphatic rings. The third-order valence-corrected chi connectivity index (χ3v) is 3.03. The molecule has 82 valence electrons. The normalized spacial score (nSPS) is 20.6. The van der Waals surface area contributed by atoms with E-state index in [1.54, 1.807) is 6.20 Å². The van der Waals surface area contributed by atoms with Crippen molar-refractivity contribution in [2.75, 3.05) is 18.0 Å². The van der Waals surface area contributed by atoms with Gasteiger partial charge in [0.15, 0.2) is 0 Å². The number of hydrogen-bond donors (Lipinski definition) is 1. The summed E-state index contributed by atoms with van der Waals surface area (Å²) in [6.45, 7) is 1.58. The highest BCUT2D eigenvalue weighted by Gasteiger charge is 2.22. The fraction of sp³-hybridized carbons (Fsp3) is 0.333. The summed E-state index contributed by atoms with van der Waals surface area (Å²) < 4.78 is 0. The number of hydrogen-bond acceptors (Lipinski definition) is 4. The summed E-state index contributed by atoms with van der Waals surface area (Å²) in [4.78, 5) is 2.17. The first kappa shape index (κ1) is 9.54. The van der Waals surface area contributed by atoms with Crippen LogP contribution < -0.4 is 4.90 Å². The number of rotatable bonds is 1. The van der Waals surface area contributed by atoms with Crippen molar-refractivity contribution >= 4 is 16.6 Å². The molecule has 2 aromatic rings. The molecule has 0 bridgehead atoms. The molecule has 0 amide bonds. The van der Waals surface area contributed by atoms with Crippen molar-refractivity contribution in [3.63, 3.8) is 0 Å². The topological polar surface area (TPSA) is 49.2 Å². The van der Waals surface area contributed by atoms with Gasteiger partial charge in [-0.25, -0.2) is 0 Å². The van der Waals surface area contributed by atoms with E-state index < -0.39 is 0 Å². The fourth-order valence-electron chi connectivity index (χ4n) is 2.21. The van der Waals surface area contributed by atoms with Crippen molar-refractivity contribution in [2.45, 2.75) is 12.5 Å². The molecule has 1 fully saturated rings. The summed E-state index contributed by atoms with van der Waals surface area (Å²) in [6, 6.07) is 7.96. The molecule has 1 atom stereocenters. The zero-order chi connectivity index (χ0) is 11.0. The first-order valence-electron chi connectivity index (χ1n) is 5.48. The molecule has 1 aromatic carbocycles. The van der Waals surface area contributed by atoms with E-state index in [2.05, 4.69) is 15.1 Å². The SMILES string of the molecule is OC1CCN(c2cnnc3ccccc23)C1. The van der Waals surface area contributed by atoms with E-state index in [1.165, 1.54) is 0 Å². The Balaban J connectivity index is 2.09. The van der Waals surface area contributed by atoms with E-state index >= 15 is 0 Å². The van der Waals surface area contributed by atoms with Gasteiger partial charge >= 0.3 is 0 Å². The summed E-state index contributed by atoms with van der Waals surface area (Å²) in [7, 11) is 0. The zero-order valence-corrected chi connectivity index (χ0v) is 8.87. The van der Waals surface area contributed by atoms with Crippen LogP contribution >= 0.6 is 0 Å². The molecule has 1 N–H and O–H groups in total. The Bertz CT molecular complexity index is 509. The molecule has 4 heteroatoms. The molecule has 0 aliphatic carbocycles. The Morgan fingerprint density at radius 2 is 2.19 bits per heavy atom. The molecule has 16 heavy (non-hydrogen) atoms. The largest absolute Gasteiger partial charge is 0.391 e. The lowest BCUT2D eigenvalue weighted by molar-refractivity contribution is 0.198. The quantitative estimate of drug-likeness (QED) is 0.776. The van der Waals surface area contributed by atoms with Crippen LogP contribution in [0.1, 0.15) is 6.42 Å². The lowest BCUT2D eigenvalue weighted by atomic mass is 10.2. The lowest BCUT2D eigenvalue weighted by Crippen LogP contribution is -2.21. The second-order valence-electron chi connectivity index (χ2n) is 4.14.